The van der Waals surface area contributed by atoms with Crippen LogP contribution in [0.3, 0.4) is 0 Å². The zero-order valence-electron chi connectivity index (χ0n) is 9.68. The molecule has 7 heteroatoms. The van der Waals surface area contributed by atoms with Crippen LogP contribution in [0, 0.1) is 0 Å². The first kappa shape index (κ1) is 11.3. The monoisotopic (exact) mass is 304 g/mol. The molecule has 0 unspecified atom stereocenters. The molecule has 0 bridgehead atoms. The maximum Gasteiger partial charge on any atom is 0.235 e. The van der Waals surface area contributed by atoms with Crippen LogP contribution in [0.4, 0.5) is 0 Å². The molecule has 0 N–H and O–H groups in total. The van der Waals surface area contributed by atoms with E-state index in [1.54, 1.807) is 34.0 Å². The lowest BCUT2D eigenvalue weighted by Gasteiger charge is -1.91. The lowest BCUT2D eigenvalue weighted by atomic mass is 10.4. The molecule has 0 saturated heterocycles. The highest BCUT2D eigenvalue weighted by Crippen LogP contribution is 2.26. The summed E-state index contributed by atoms with van der Waals surface area (Å²) in [6, 6.07) is 8.25. The molecule has 4 heterocycles. The number of hydrogen-bond acceptors (Lipinski definition) is 6. The number of rotatable bonds is 3. The standard InChI is InChI=1S/C12H8N4S3/c1-3-8(17-5-1)7-10-15-16-11(9-4-2-6-18-9)13-14-12(16)19-10/h1-6H,7H2. The summed E-state index contributed by atoms with van der Waals surface area (Å²) in [7, 11) is 0. The van der Waals surface area contributed by atoms with Crippen LogP contribution >= 0.6 is 34.0 Å². The highest BCUT2D eigenvalue weighted by Gasteiger charge is 2.14. The fourth-order valence-corrected chi connectivity index (χ4v) is 4.20. The Kier molecular flexibility index (Phi) is 2.68. The third-order valence-corrected chi connectivity index (χ3v) is 5.32. The van der Waals surface area contributed by atoms with Gasteiger partial charge in [-0.2, -0.15) is 9.61 Å². The molecule has 4 nitrogen and oxygen atoms in total. The molecule has 0 atom stereocenters. The molecule has 4 aromatic rings. The Morgan fingerprint density at radius 1 is 1.05 bits per heavy atom. The molecular formula is C12H8N4S3. The van der Waals surface area contributed by atoms with Crippen molar-refractivity contribution in [3.63, 3.8) is 0 Å². The summed E-state index contributed by atoms with van der Waals surface area (Å²) in [5.41, 5.74) is 0. The first-order valence-electron chi connectivity index (χ1n) is 5.67. The van der Waals surface area contributed by atoms with Crippen molar-refractivity contribution in [3.05, 3.63) is 44.9 Å². The second-order valence-corrected chi connectivity index (χ2v) is 6.97. The fourth-order valence-electron chi connectivity index (χ4n) is 1.85. The van der Waals surface area contributed by atoms with E-state index in [4.69, 9.17) is 0 Å². The van der Waals surface area contributed by atoms with E-state index in [9.17, 15) is 0 Å². The van der Waals surface area contributed by atoms with Gasteiger partial charge in [0.05, 0.1) is 4.88 Å². The molecule has 0 spiro atoms. The molecule has 0 aliphatic heterocycles. The quantitative estimate of drug-likeness (QED) is 0.581. The van der Waals surface area contributed by atoms with E-state index in [0.29, 0.717) is 0 Å². The first-order chi connectivity index (χ1) is 9.40. The molecule has 0 fully saturated rings. The normalized spacial score (nSPS) is 11.4. The van der Waals surface area contributed by atoms with E-state index < -0.39 is 0 Å². The summed E-state index contributed by atoms with van der Waals surface area (Å²) in [6.45, 7) is 0. The Morgan fingerprint density at radius 3 is 2.74 bits per heavy atom. The number of fused-ring (bicyclic) bond motifs is 1. The SMILES string of the molecule is c1csc(Cc2nn3c(-c4cccs4)nnc3s2)c1. The summed E-state index contributed by atoms with van der Waals surface area (Å²) in [4.78, 5) is 3.28. The molecular weight excluding hydrogens is 296 g/mol. The van der Waals surface area contributed by atoms with Gasteiger partial charge in [-0.05, 0) is 22.9 Å². The Bertz CT molecular complexity index is 796. The van der Waals surface area contributed by atoms with Gasteiger partial charge in [0.25, 0.3) is 0 Å². The van der Waals surface area contributed by atoms with E-state index in [1.807, 2.05) is 22.0 Å². The number of aromatic nitrogens is 4. The Balaban J connectivity index is 1.76. The summed E-state index contributed by atoms with van der Waals surface area (Å²) in [5.74, 6) is 0.832. The van der Waals surface area contributed by atoms with Crippen molar-refractivity contribution in [3.8, 4) is 10.7 Å². The zero-order chi connectivity index (χ0) is 12.7. The van der Waals surface area contributed by atoms with Gasteiger partial charge in [-0.25, -0.2) is 0 Å². The van der Waals surface area contributed by atoms with Gasteiger partial charge in [-0.15, -0.1) is 32.9 Å². The molecule has 19 heavy (non-hydrogen) atoms. The number of hydrogen-bond donors (Lipinski definition) is 0. The summed E-state index contributed by atoms with van der Waals surface area (Å²) < 4.78 is 1.85. The van der Waals surface area contributed by atoms with E-state index in [-0.39, 0.29) is 0 Å². The minimum Gasteiger partial charge on any atom is -0.182 e. The van der Waals surface area contributed by atoms with Crippen LogP contribution in [0.5, 0.6) is 0 Å². The predicted octanol–water partition coefficient (Wildman–Crippen LogP) is 3.57. The second-order valence-electron chi connectivity index (χ2n) is 3.95. The van der Waals surface area contributed by atoms with Crippen molar-refractivity contribution < 1.29 is 0 Å². The summed E-state index contributed by atoms with van der Waals surface area (Å²) in [6.07, 6.45) is 0.871. The van der Waals surface area contributed by atoms with Crippen LogP contribution in [0.15, 0.2) is 35.0 Å². The van der Waals surface area contributed by atoms with E-state index in [1.165, 1.54) is 4.88 Å². The van der Waals surface area contributed by atoms with Crippen molar-refractivity contribution in [2.45, 2.75) is 6.42 Å². The highest BCUT2D eigenvalue weighted by molar-refractivity contribution is 7.17. The topological polar surface area (TPSA) is 43.1 Å². The van der Waals surface area contributed by atoms with Gasteiger partial charge in [0.2, 0.25) is 4.96 Å². The molecule has 0 radical (unpaired) electrons. The molecule has 4 aromatic heterocycles. The van der Waals surface area contributed by atoms with Crippen LogP contribution in [0.2, 0.25) is 0 Å². The Labute approximate surface area is 121 Å². The van der Waals surface area contributed by atoms with Gasteiger partial charge in [-0.3, -0.25) is 0 Å². The predicted molar refractivity (Wildman–Crippen MR) is 79.1 cm³/mol. The van der Waals surface area contributed by atoms with Crippen molar-refractivity contribution in [1.29, 1.82) is 0 Å². The zero-order valence-corrected chi connectivity index (χ0v) is 12.1. The molecule has 0 aliphatic rings. The molecule has 0 aliphatic carbocycles. The maximum atomic E-state index is 4.63. The van der Waals surface area contributed by atoms with Crippen LogP contribution < -0.4 is 0 Å². The van der Waals surface area contributed by atoms with Crippen molar-refractivity contribution >= 4 is 39.0 Å². The average molecular weight is 304 g/mol. The van der Waals surface area contributed by atoms with Crippen molar-refractivity contribution in [1.82, 2.24) is 19.8 Å². The van der Waals surface area contributed by atoms with E-state index in [0.717, 1.165) is 27.1 Å². The number of nitrogens with zero attached hydrogens (tertiary/aromatic N) is 4. The van der Waals surface area contributed by atoms with Crippen molar-refractivity contribution in [2.75, 3.05) is 0 Å². The highest BCUT2D eigenvalue weighted by atomic mass is 32.1. The molecule has 0 aromatic carbocycles. The first-order valence-corrected chi connectivity index (χ1v) is 8.25. The van der Waals surface area contributed by atoms with Crippen LogP contribution in [0.1, 0.15) is 9.88 Å². The third-order valence-electron chi connectivity index (χ3n) is 2.68. The van der Waals surface area contributed by atoms with Gasteiger partial charge in [-0.1, -0.05) is 23.5 Å². The lowest BCUT2D eigenvalue weighted by Crippen LogP contribution is -1.91. The Hall–Kier alpha value is -1.57. The van der Waals surface area contributed by atoms with Gasteiger partial charge < -0.3 is 0 Å². The lowest BCUT2D eigenvalue weighted by molar-refractivity contribution is 0.924. The minimum absolute atomic E-state index is 0.832. The smallest absolute Gasteiger partial charge is 0.182 e. The van der Waals surface area contributed by atoms with Crippen LogP contribution in [0.25, 0.3) is 15.7 Å². The van der Waals surface area contributed by atoms with Gasteiger partial charge in [0.1, 0.15) is 5.01 Å². The average Bonchev–Trinajstić information content (AvgIpc) is 3.12. The van der Waals surface area contributed by atoms with Crippen molar-refractivity contribution in [2.24, 2.45) is 0 Å². The largest absolute Gasteiger partial charge is 0.235 e. The summed E-state index contributed by atoms with van der Waals surface area (Å²) >= 11 is 5.01. The van der Waals surface area contributed by atoms with Gasteiger partial charge in [0, 0.05) is 11.3 Å². The molecule has 0 amide bonds. The molecule has 4 rings (SSSR count). The fraction of sp³-hybridized carbons (Fsp3) is 0.0833. The maximum absolute atomic E-state index is 4.63. The summed E-state index contributed by atoms with van der Waals surface area (Å²) in [5, 5.41) is 18.2. The minimum atomic E-state index is 0.832. The molecule has 0 saturated carbocycles. The third kappa shape index (κ3) is 1.99. The van der Waals surface area contributed by atoms with Gasteiger partial charge >= 0.3 is 0 Å². The number of thiophene rings is 2. The van der Waals surface area contributed by atoms with Crippen LogP contribution in [-0.4, -0.2) is 19.8 Å². The van der Waals surface area contributed by atoms with E-state index >= 15 is 0 Å². The molecule has 94 valence electrons. The van der Waals surface area contributed by atoms with Crippen LogP contribution in [-0.2, 0) is 6.42 Å². The Morgan fingerprint density at radius 2 is 1.95 bits per heavy atom. The van der Waals surface area contributed by atoms with Gasteiger partial charge in [0.15, 0.2) is 5.82 Å². The van der Waals surface area contributed by atoms with E-state index in [2.05, 4.69) is 32.8 Å². The second kappa shape index (κ2) is 4.52.